The lowest BCUT2D eigenvalue weighted by Gasteiger charge is -2.04. The van der Waals surface area contributed by atoms with Gasteiger partial charge < -0.3 is 9.47 Å². The molecule has 5 heteroatoms. The van der Waals surface area contributed by atoms with Crippen LogP contribution in [-0.4, -0.2) is 12.9 Å². The number of halogens is 2. The minimum absolute atomic E-state index is 0.152. The number of aryl methyl sites for hydroxylation is 1. The molecule has 1 aliphatic heterocycles. The molecule has 1 aliphatic rings. The Kier molecular flexibility index (Phi) is 3.85. The van der Waals surface area contributed by atoms with E-state index in [-0.39, 0.29) is 11.5 Å². The van der Waals surface area contributed by atoms with E-state index in [4.69, 9.17) is 32.7 Å². The van der Waals surface area contributed by atoms with Gasteiger partial charge in [0.1, 0.15) is 11.5 Å². The summed E-state index contributed by atoms with van der Waals surface area (Å²) in [5.41, 5.74) is 2.12. The molecule has 112 valence electrons. The number of ether oxygens (including phenoxy) is 2. The first-order chi connectivity index (χ1) is 10.5. The Balaban J connectivity index is 2.01. The van der Waals surface area contributed by atoms with Gasteiger partial charge in [-0.05, 0) is 42.3 Å². The second-order valence-corrected chi connectivity index (χ2v) is 5.75. The molecule has 0 aliphatic carbocycles. The van der Waals surface area contributed by atoms with Gasteiger partial charge in [-0.1, -0.05) is 29.3 Å². The Labute approximate surface area is 138 Å². The lowest BCUT2D eigenvalue weighted by Crippen LogP contribution is -1.99. The average molecular weight is 335 g/mol. The van der Waals surface area contributed by atoms with E-state index < -0.39 is 0 Å². The summed E-state index contributed by atoms with van der Waals surface area (Å²) in [5.74, 6) is 1.26. The van der Waals surface area contributed by atoms with Crippen molar-refractivity contribution in [2.45, 2.75) is 6.92 Å². The highest BCUT2D eigenvalue weighted by molar-refractivity contribution is 6.42. The number of methoxy groups -OCH3 is 1. The summed E-state index contributed by atoms with van der Waals surface area (Å²) in [4.78, 5) is 12.5. The molecule has 0 amide bonds. The number of carbonyl (C=O) groups is 1. The van der Waals surface area contributed by atoms with Crippen LogP contribution in [0, 0.1) is 6.92 Å². The van der Waals surface area contributed by atoms with Gasteiger partial charge in [0.05, 0.1) is 22.7 Å². The van der Waals surface area contributed by atoms with Crippen molar-refractivity contribution in [3.63, 3.8) is 0 Å². The molecule has 0 radical (unpaired) electrons. The molecule has 0 bridgehead atoms. The third kappa shape index (κ3) is 2.58. The van der Waals surface area contributed by atoms with E-state index in [1.807, 2.05) is 13.0 Å². The van der Waals surface area contributed by atoms with Crippen molar-refractivity contribution in [2.75, 3.05) is 7.11 Å². The summed E-state index contributed by atoms with van der Waals surface area (Å²) in [6.07, 6.45) is 1.65. The number of allylic oxidation sites excluding steroid dienone is 1. The first kappa shape index (κ1) is 14.9. The predicted molar refractivity (Wildman–Crippen MR) is 87.1 cm³/mol. The maximum Gasteiger partial charge on any atom is 0.232 e. The highest BCUT2D eigenvalue weighted by Crippen LogP contribution is 2.37. The van der Waals surface area contributed by atoms with Crippen LogP contribution in [0.1, 0.15) is 21.5 Å². The van der Waals surface area contributed by atoms with Gasteiger partial charge in [-0.3, -0.25) is 4.79 Å². The topological polar surface area (TPSA) is 35.5 Å². The van der Waals surface area contributed by atoms with Gasteiger partial charge in [0.15, 0.2) is 5.76 Å². The maximum atomic E-state index is 12.5. The van der Waals surface area contributed by atoms with Gasteiger partial charge in [0.2, 0.25) is 5.78 Å². The zero-order chi connectivity index (χ0) is 15.9. The van der Waals surface area contributed by atoms with Gasteiger partial charge in [-0.15, -0.1) is 0 Å². The van der Waals surface area contributed by atoms with Crippen LogP contribution < -0.4 is 9.47 Å². The number of carbonyl (C=O) groups excluding carboxylic acids is 1. The fourth-order valence-electron chi connectivity index (χ4n) is 2.35. The van der Waals surface area contributed by atoms with Crippen LogP contribution in [0.3, 0.4) is 0 Å². The quantitative estimate of drug-likeness (QED) is 0.730. The van der Waals surface area contributed by atoms with E-state index in [9.17, 15) is 4.79 Å². The van der Waals surface area contributed by atoms with E-state index in [1.54, 1.807) is 37.5 Å². The Morgan fingerprint density at radius 1 is 1.14 bits per heavy atom. The highest BCUT2D eigenvalue weighted by Gasteiger charge is 2.29. The largest absolute Gasteiger partial charge is 0.497 e. The zero-order valence-corrected chi connectivity index (χ0v) is 13.5. The van der Waals surface area contributed by atoms with Gasteiger partial charge in [0.25, 0.3) is 0 Å². The predicted octanol–water partition coefficient (Wildman–Crippen LogP) is 4.93. The number of benzene rings is 2. The molecule has 2 aromatic carbocycles. The summed E-state index contributed by atoms with van der Waals surface area (Å²) in [5, 5.41) is 0.892. The first-order valence-corrected chi connectivity index (χ1v) is 7.33. The van der Waals surface area contributed by atoms with Crippen LogP contribution in [0.25, 0.3) is 6.08 Å². The highest BCUT2D eigenvalue weighted by atomic mass is 35.5. The fraction of sp³-hybridized carbons (Fsp3) is 0.118. The van der Waals surface area contributed by atoms with Gasteiger partial charge in [0, 0.05) is 6.07 Å². The summed E-state index contributed by atoms with van der Waals surface area (Å²) in [7, 11) is 1.57. The molecular formula is C17H12Cl2O3. The lowest BCUT2D eigenvalue weighted by molar-refractivity contribution is 0.101. The monoisotopic (exact) mass is 334 g/mol. The normalized spacial score (nSPS) is 14.9. The molecule has 0 atom stereocenters. The Morgan fingerprint density at radius 2 is 1.91 bits per heavy atom. The zero-order valence-electron chi connectivity index (χ0n) is 11.9. The summed E-state index contributed by atoms with van der Waals surface area (Å²) < 4.78 is 10.9. The van der Waals surface area contributed by atoms with Gasteiger partial charge in [-0.2, -0.15) is 0 Å². The van der Waals surface area contributed by atoms with Crippen molar-refractivity contribution < 1.29 is 14.3 Å². The molecule has 3 rings (SSSR count). The molecule has 3 nitrogen and oxygen atoms in total. The molecule has 2 aromatic rings. The first-order valence-electron chi connectivity index (χ1n) is 6.57. The molecule has 0 spiro atoms. The maximum absolute atomic E-state index is 12.5. The van der Waals surface area contributed by atoms with Crippen molar-refractivity contribution in [3.05, 3.63) is 62.8 Å². The van der Waals surface area contributed by atoms with E-state index >= 15 is 0 Å². The second kappa shape index (κ2) is 5.67. The molecule has 0 N–H and O–H groups in total. The number of Topliss-reactive ketones (excluding diaryl/α,β-unsaturated/α-hetero) is 1. The van der Waals surface area contributed by atoms with Crippen molar-refractivity contribution in [1.29, 1.82) is 0 Å². The lowest BCUT2D eigenvalue weighted by atomic mass is 10.0. The van der Waals surface area contributed by atoms with E-state index in [0.717, 1.165) is 11.1 Å². The van der Waals surface area contributed by atoms with Crippen molar-refractivity contribution in [3.8, 4) is 11.5 Å². The summed E-state index contributed by atoms with van der Waals surface area (Å²) >= 11 is 11.9. The molecule has 22 heavy (non-hydrogen) atoms. The van der Waals surface area contributed by atoms with Crippen molar-refractivity contribution in [1.82, 2.24) is 0 Å². The molecule has 0 saturated carbocycles. The number of rotatable bonds is 2. The molecule has 0 aromatic heterocycles. The van der Waals surface area contributed by atoms with E-state index in [1.165, 1.54) is 0 Å². The Hall–Kier alpha value is -1.97. The van der Waals surface area contributed by atoms with Crippen LogP contribution >= 0.6 is 23.2 Å². The van der Waals surface area contributed by atoms with Crippen molar-refractivity contribution in [2.24, 2.45) is 0 Å². The average Bonchev–Trinajstić information content (AvgIpc) is 2.79. The van der Waals surface area contributed by atoms with Crippen LogP contribution in [-0.2, 0) is 0 Å². The minimum atomic E-state index is -0.152. The molecule has 0 fully saturated rings. The summed E-state index contributed by atoms with van der Waals surface area (Å²) in [6.45, 7) is 1.85. The number of fused-ring (bicyclic) bond motifs is 1. The van der Waals surface area contributed by atoms with Crippen molar-refractivity contribution >= 4 is 35.1 Å². The number of hydrogen-bond donors (Lipinski definition) is 0. The van der Waals surface area contributed by atoms with Crippen LogP contribution in [0.2, 0.25) is 10.0 Å². The molecule has 0 unspecified atom stereocenters. The van der Waals surface area contributed by atoms with Crippen LogP contribution in [0.15, 0.2) is 36.1 Å². The number of ketones is 1. The van der Waals surface area contributed by atoms with Gasteiger partial charge in [-0.25, -0.2) is 0 Å². The third-order valence-corrected chi connectivity index (χ3v) is 4.16. The number of hydrogen-bond acceptors (Lipinski definition) is 3. The molecule has 0 saturated heterocycles. The third-order valence-electron chi connectivity index (χ3n) is 3.42. The minimum Gasteiger partial charge on any atom is -0.497 e. The Morgan fingerprint density at radius 3 is 2.59 bits per heavy atom. The second-order valence-electron chi connectivity index (χ2n) is 4.93. The van der Waals surface area contributed by atoms with Crippen LogP contribution in [0.4, 0.5) is 0 Å². The fourth-order valence-corrected chi connectivity index (χ4v) is 2.66. The van der Waals surface area contributed by atoms with E-state index in [0.29, 0.717) is 27.1 Å². The van der Waals surface area contributed by atoms with Crippen LogP contribution in [0.5, 0.6) is 11.5 Å². The Bertz CT molecular complexity index is 810. The van der Waals surface area contributed by atoms with Gasteiger partial charge >= 0.3 is 0 Å². The smallest absolute Gasteiger partial charge is 0.232 e. The molecule has 1 heterocycles. The summed E-state index contributed by atoms with van der Waals surface area (Å²) in [6, 6.07) is 8.65. The van der Waals surface area contributed by atoms with E-state index in [2.05, 4.69) is 0 Å². The SMILES string of the molecule is COc1cc(C)c2c(c1)O/C(=C\c1ccc(Cl)c(Cl)c1)C2=O. The standard InChI is InChI=1S/C17H12Cl2O3/c1-9-5-11(21-2)8-14-16(9)17(20)15(22-14)7-10-3-4-12(18)13(19)6-10/h3-8H,1-2H3/b15-7-. The molecular weight excluding hydrogens is 323 g/mol.